The van der Waals surface area contributed by atoms with Crippen LogP contribution in [-0.2, 0) is 11.4 Å². The van der Waals surface area contributed by atoms with Gasteiger partial charge in [-0.2, -0.15) is 0 Å². The van der Waals surface area contributed by atoms with E-state index in [4.69, 9.17) is 28.6 Å². The van der Waals surface area contributed by atoms with Crippen LogP contribution in [0.1, 0.15) is 18.1 Å². The number of thiocarbonyl (C=S) groups is 1. The van der Waals surface area contributed by atoms with Crippen LogP contribution in [-0.4, -0.2) is 34.4 Å². The normalized spacial score (nSPS) is 15.9. The highest BCUT2D eigenvalue weighted by atomic mass is 35.5. The van der Waals surface area contributed by atoms with Crippen molar-refractivity contribution in [1.82, 2.24) is 9.80 Å². The van der Waals surface area contributed by atoms with Gasteiger partial charge >= 0.3 is 0 Å². The van der Waals surface area contributed by atoms with E-state index < -0.39 is 0 Å². The first-order valence-corrected chi connectivity index (χ1v) is 9.07. The van der Waals surface area contributed by atoms with Gasteiger partial charge in [-0.15, -0.1) is 0 Å². The largest absolute Gasteiger partial charge is 0.489 e. The van der Waals surface area contributed by atoms with Crippen LogP contribution in [0.4, 0.5) is 0 Å². The number of ether oxygens (including phenoxy) is 1. The van der Waals surface area contributed by atoms with Gasteiger partial charge in [-0.1, -0.05) is 41.9 Å². The molecule has 0 atom stereocenters. The molecule has 1 aliphatic rings. The highest BCUT2D eigenvalue weighted by molar-refractivity contribution is 7.80. The van der Waals surface area contributed by atoms with Gasteiger partial charge < -0.3 is 9.64 Å². The van der Waals surface area contributed by atoms with Crippen LogP contribution < -0.4 is 4.74 Å². The van der Waals surface area contributed by atoms with Crippen molar-refractivity contribution in [2.75, 3.05) is 13.6 Å². The van der Waals surface area contributed by atoms with Gasteiger partial charge in [0.1, 0.15) is 18.1 Å². The molecule has 0 aliphatic carbocycles. The van der Waals surface area contributed by atoms with Crippen molar-refractivity contribution in [2.24, 2.45) is 0 Å². The summed E-state index contributed by atoms with van der Waals surface area (Å²) in [6.45, 7) is 2.88. The minimum absolute atomic E-state index is 0.0703. The molecule has 0 spiro atoms. The van der Waals surface area contributed by atoms with E-state index in [2.05, 4.69) is 0 Å². The molecule has 4 nitrogen and oxygen atoms in total. The van der Waals surface area contributed by atoms with Gasteiger partial charge in [0.25, 0.3) is 5.91 Å². The van der Waals surface area contributed by atoms with Crippen molar-refractivity contribution in [3.8, 4) is 5.75 Å². The minimum atomic E-state index is -0.0703. The monoisotopic (exact) mass is 386 g/mol. The Morgan fingerprint density at radius 1 is 1.15 bits per heavy atom. The van der Waals surface area contributed by atoms with Gasteiger partial charge in [-0.3, -0.25) is 9.69 Å². The third-order valence-corrected chi connectivity index (χ3v) is 5.06. The number of halogens is 1. The van der Waals surface area contributed by atoms with E-state index in [9.17, 15) is 4.79 Å². The Morgan fingerprint density at radius 2 is 1.85 bits per heavy atom. The molecule has 26 heavy (non-hydrogen) atoms. The maximum absolute atomic E-state index is 12.4. The molecule has 0 radical (unpaired) electrons. The zero-order valence-corrected chi connectivity index (χ0v) is 16.2. The number of hydrogen-bond acceptors (Lipinski definition) is 3. The van der Waals surface area contributed by atoms with E-state index in [-0.39, 0.29) is 5.91 Å². The van der Waals surface area contributed by atoms with Crippen LogP contribution in [0.15, 0.2) is 54.2 Å². The fourth-order valence-corrected chi connectivity index (χ4v) is 3.19. The maximum Gasteiger partial charge on any atom is 0.276 e. The molecule has 0 unspecified atom stereocenters. The molecule has 134 valence electrons. The molecular weight excluding hydrogens is 368 g/mol. The molecule has 2 aromatic rings. The Morgan fingerprint density at radius 3 is 2.46 bits per heavy atom. The van der Waals surface area contributed by atoms with E-state index >= 15 is 0 Å². The van der Waals surface area contributed by atoms with Gasteiger partial charge in [-0.05, 0) is 49.0 Å². The number of carbonyl (C=O) groups excluding carboxylic acids is 1. The minimum Gasteiger partial charge on any atom is -0.489 e. The quantitative estimate of drug-likeness (QED) is 0.565. The molecule has 1 amide bonds. The maximum atomic E-state index is 12.4. The van der Waals surface area contributed by atoms with E-state index in [1.54, 1.807) is 9.80 Å². The Hall–Kier alpha value is -2.37. The molecule has 1 fully saturated rings. The number of benzene rings is 2. The molecule has 3 rings (SSSR count). The second-order valence-electron chi connectivity index (χ2n) is 5.87. The van der Waals surface area contributed by atoms with E-state index in [0.717, 1.165) is 16.9 Å². The summed E-state index contributed by atoms with van der Waals surface area (Å²) >= 11 is 11.4. The summed E-state index contributed by atoms with van der Waals surface area (Å²) in [6, 6.07) is 15.2. The molecule has 0 aromatic heterocycles. The molecule has 0 N–H and O–H groups in total. The summed E-state index contributed by atoms with van der Waals surface area (Å²) in [5.41, 5.74) is 2.42. The average Bonchev–Trinajstić information content (AvgIpc) is 2.85. The van der Waals surface area contributed by atoms with Crippen LogP contribution in [0.2, 0.25) is 5.02 Å². The molecule has 1 heterocycles. The summed E-state index contributed by atoms with van der Waals surface area (Å²) in [5, 5.41) is 1.22. The summed E-state index contributed by atoms with van der Waals surface area (Å²) < 4.78 is 5.78. The number of hydrogen-bond donors (Lipinski definition) is 0. The summed E-state index contributed by atoms with van der Waals surface area (Å²) in [6.07, 6.45) is 1.84. The lowest BCUT2D eigenvalue weighted by atomic mass is 10.1. The lowest BCUT2D eigenvalue weighted by Gasteiger charge is -2.13. The number of nitrogens with zero attached hydrogens (tertiary/aromatic N) is 2. The van der Waals surface area contributed by atoms with Crippen LogP contribution >= 0.6 is 23.8 Å². The number of carbonyl (C=O) groups is 1. The van der Waals surface area contributed by atoms with Crippen molar-refractivity contribution < 1.29 is 9.53 Å². The topological polar surface area (TPSA) is 32.8 Å². The predicted octanol–water partition coefficient (Wildman–Crippen LogP) is 4.34. The molecule has 0 bridgehead atoms. The van der Waals surface area contributed by atoms with Gasteiger partial charge in [0.2, 0.25) is 0 Å². The summed E-state index contributed by atoms with van der Waals surface area (Å²) in [7, 11) is 1.81. The van der Waals surface area contributed by atoms with E-state index in [1.807, 2.05) is 68.6 Å². The van der Waals surface area contributed by atoms with Crippen molar-refractivity contribution in [3.63, 3.8) is 0 Å². The van der Waals surface area contributed by atoms with Crippen LogP contribution in [0.5, 0.6) is 5.75 Å². The molecule has 2 aromatic carbocycles. The Bertz CT molecular complexity index is 864. The average molecular weight is 387 g/mol. The van der Waals surface area contributed by atoms with Gasteiger partial charge in [0.05, 0.1) is 0 Å². The molecule has 6 heteroatoms. The number of rotatable bonds is 5. The zero-order valence-electron chi connectivity index (χ0n) is 14.6. The standard InChI is InChI=1S/C20H19ClN2O2S/c1-3-23-19(24)18(22(2)20(23)26)12-14-8-10-16(11-9-14)25-13-15-6-4-5-7-17(15)21/h4-12H,3,13H2,1-2H3/b18-12-. The first-order valence-electron chi connectivity index (χ1n) is 8.28. The second kappa shape index (κ2) is 7.89. The third-order valence-electron chi connectivity index (χ3n) is 4.20. The fourth-order valence-electron chi connectivity index (χ4n) is 2.68. The Labute approximate surface area is 163 Å². The zero-order chi connectivity index (χ0) is 18.7. The van der Waals surface area contributed by atoms with E-state index in [1.165, 1.54) is 0 Å². The first-order chi connectivity index (χ1) is 12.5. The highest BCUT2D eigenvalue weighted by Gasteiger charge is 2.34. The van der Waals surface area contributed by atoms with Crippen molar-refractivity contribution >= 4 is 40.9 Å². The first kappa shape index (κ1) is 18.4. The number of likely N-dealkylation sites (N-methyl/N-ethyl adjacent to an activating group) is 2. The molecule has 1 aliphatic heterocycles. The van der Waals surface area contributed by atoms with E-state index in [0.29, 0.717) is 29.0 Å². The highest BCUT2D eigenvalue weighted by Crippen LogP contribution is 2.23. The van der Waals surface area contributed by atoms with Gasteiger partial charge in [0.15, 0.2) is 5.11 Å². The molecule has 1 saturated heterocycles. The third kappa shape index (κ3) is 3.74. The molecular formula is C20H19ClN2O2S. The van der Waals surface area contributed by atoms with Crippen LogP contribution in [0.25, 0.3) is 6.08 Å². The lowest BCUT2D eigenvalue weighted by Crippen LogP contribution is -2.30. The Kier molecular flexibility index (Phi) is 5.59. The van der Waals surface area contributed by atoms with Crippen LogP contribution in [0, 0.1) is 0 Å². The fraction of sp³-hybridized carbons (Fsp3) is 0.200. The summed E-state index contributed by atoms with van der Waals surface area (Å²) in [4.78, 5) is 15.7. The number of amides is 1. The lowest BCUT2D eigenvalue weighted by molar-refractivity contribution is -0.122. The second-order valence-corrected chi connectivity index (χ2v) is 6.64. The van der Waals surface area contributed by atoms with Gasteiger partial charge in [-0.25, -0.2) is 0 Å². The summed E-state index contributed by atoms with van der Waals surface area (Å²) in [5.74, 6) is 0.669. The van der Waals surface area contributed by atoms with Crippen molar-refractivity contribution in [1.29, 1.82) is 0 Å². The molecule has 0 saturated carbocycles. The predicted molar refractivity (Wildman–Crippen MR) is 108 cm³/mol. The Balaban J connectivity index is 1.71. The van der Waals surface area contributed by atoms with Gasteiger partial charge in [0, 0.05) is 24.2 Å². The van der Waals surface area contributed by atoms with Crippen LogP contribution in [0.3, 0.4) is 0 Å². The SMILES string of the molecule is CCN1C(=O)/C(=C/c2ccc(OCc3ccccc3Cl)cc2)N(C)C1=S. The smallest absolute Gasteiger partial charge is 0.276 e. The van der Waals surface area contributed by atoms with Crippen molar-refractivity contribution in [3.05, 3.63) is 70.4 Å². The van der Waals surface area contributed by atoms with Crippen molar-refractivity contribution in [2.45, 2.75) is 13.5 Å².